The molecule has 0 aromatic rings. The van der Waals surface area contributed by atoms with E-state index in [2.05, 4.69) is 48.1 Å². The molecule has 1 aliphatic heterocycles. The first kappa shape index (κ1) is 22.8. The van der Waals surface area contributed by atoms with E-state index in [0.29, 0.717) is 5.41 Å². The second-order valence-electron chi connectivity index (χ2n) is 8.00. The summed E-state index contributed by atoms with van der Waals surface area (Å²) in [5.41, 5.74) is 0.344. The molecule has 0 amide bonds. The van der Waals surface area contributed by atoms with Crippen LogP contribution >= 0.6 is 0 Å². The van der Waals surface area contributed by atoms with Gasteiger partial charge >= 0.3 is 0 Å². The molecule has 1 heterocycles. The van der Waals surface area contributed by atoms with Crippen molar-refractivity contribution in [3.05, 3.63) is 0 Å². The smallest absolute Gasteiger partial charge is 0.0594 e. The van der Waals surface area contributed by atoms with Gasteiger partial charge in [-0.15, -0.1) is 0 Å². The van der Waals surface area contributed by atoms with Crippen molar-refractivity contribution < 1.29 is 9.47 Å². The van der Waals surface area contributed by atoms with Crippen molar-refractivity contribution >= 4 is 0 Å². The molecule has 0 aromatic heterocycles. The third kappa shape index (κ3) is 13.6. The van der Waals surface area contributed by atoms with Gasteiger partial charge in [0, 0.05) is 58.9 Å². The molecule has 0 aromatic carbocycles. The Balaban J connectivity index is 1.88. The highest BCUT2D eigenvalue weighted by Crippen LogP contribution is 2.09. The fraction of sp³-hybridized carbons (Fsp3) is 1.00. The molecule has 1 saturated heterocycles. The third-order valence-corrected chi connectivity index (χ3v) is 4.32. The Morgan fingerprint density at radius 2 is 1.24 bits per heavy atom. The zero-order chi connectivity index (χ0) is 18.4. The van der Waals surface area contributed by atoms with Crippen molar-refractivity contribution in [1.82, 2.24) is 20.4 Å². The van der Waals surface area contributed by atoms with Crippen LogP contribution in [0.1, 0.15) is 27.7 Å². The maximum absolute atomic E-state index is 5.75. The lowest BCUT2D eigenvalue weighted by Crippen LogP contribution is -2.48. The average Bonchev–Trinajstić information content (AvgIpc) is 2.57. The standard InChI is InChI=1S/C19H42N4O2/c1-5-20-6-14-24-16-12-22-8-10-23(11-9-22)13-17-25-15-7-21-18-19(2,3)4/h20-21H,5-18H2,1-4H3. The van der Waals surface area contributed by atoms with Crippen LogP contribution < -0.4 is 10.6 Å². The number of rotatable bonds is 14. The summed E-state index contributed by atoms with van der Waals surface area (Å²) in [6.45, 7) is 22.8. The molecule has 150 valence electrons. The summed E-state index contributed by atoms with van der Waals surface area (Å²) < 4.78 is 11.4. The van der Waals surface area contributed by atoms with Crippen molar-refractivity contribution in [1.29, 1.82) is 0 Å². The van der Waals surface area contributed by atoms with E-state index in [9.17, 15) is 0 Å². The van der Waals surface area contributed by atoms with Gasteiger partial charge in [0.05, 0.1) is 26.4 Å². The molecule has 0 aliphatic carbocycles. The zero-order valence-corrected chi connectivity index (χ0v) is 17.1. The number of piperazine rings is 1. The Morgan fingerprint density at radius 3 is 1.68 bits per heavy atom. The van der Waals surface area contributed by atoms with Gasteiger partial charge in [-0.2, -0.15) is 0 Å². The second-order valence-corrected chi connectivity index (χ2v) is 8.00. The molecule has 1 fully saturated rings. The largest absolute Gasteiger partial charge is 0.379 e. The highest BCUT2D eigenvalue weighted by Gasteiger charge is 2.16. The Hall–Kier alpha value is -0.240. The minimum atomic E-state index is 0.344. The van der Waals surface area contributed by atoms with Gasteiger partial charge in [-0.1, -0.05) is 27.7 Å². The van der Waals surface area contributed by atoms with Crippen molar-refractivity contribution in [3.8, 4) is 0 Å². The minimum Gasteiger partial charge on any atom is -0.379 e. The molecule has 2 N–H and O–H groups in total. The van der Waals surface area contributed by atoms with Crippen LogP contribution in [0, 0.1) is 5.41 Å². The Bertz CT molecular complexity index is 302. The molecule has 25 heavy (non-hydrogen) atoms. The molecule has 0 bridgehead atoms. The van der Waals surface area contributed by atoms with Crippen LogP contribution in [0.5, 0.6) is 0 Å². The molecule has 1 rings (SSSR count). The van der Waals surface area contributed by atoms with Crippen LogP contribution in [0.3, 0.4) is 0 Å². The molecule has 0 spiro atoms. The summed E-state index contributed by atoms with van der Waals surface area (Å²) in [5.74, 6) is 0. The number of nitrogens with zero attached hydrogens (tertiary/aromatic N) is 2. The van der Waals surface area contributed by atoms with Crippen molar-refractivity contribution in [2.75, 3.05) is 91.9 Å². The lowest BCUT2D eigenvalue weighted by Gasteiger charge is -2.34. The van der Waals surface area contributed by atoms with Gasteiger partial charge in [0.2, 0.25) is 0 Å². The average molecular weight is 359 g/mol. The third-order valence-electron chi connectivity index (χ3n) is 4.32. The summed E-state index contributed by atoms with van der Waals surface area (Å²) in [5, 5.41) is 6.72. The van der Waals surface area contributed by atoms with Crippen LogP contribution in [0.25, 0.3) is 0 Å². The SMILES string of the molecule is CCNCCOCCN1CCN(CCOCCNCC(C)(C)C)CC1. The molecular formula is C19H42N4O2. The minimum absolute atomic E-state index is 0.344. The Kier molecular flexibility index (Phi) is 12.7. The fourth-order valence-electron chi connectivity index (χ4n) is 2.76. The molecule has 6 heteroatoms. The van der Waals surface area contributed by atoms with Crippen LogP contribution in [0.4, 0.5) is 0 Å². The predicted molar refractivity (Wildman–Crippen MR) is 105 cm³/mol. The quantitative estimate of drug-likeness (QED) is 0.450. The van der Waals surface area contributed by atoms with Gasteiger partial charge in [-0.05, 0) is 12.0 Å². The highest BCUT2D eigenvalue weighted by atomic mass is 16.5. The highest BCUT2D eigenvalue weighted by molar-refractivity contribution is 4.71. The summed E-state index contributed by atoms with van der Waals surface area (Å²) in [7, 11) is 0. The van der Waals surface area contributed by atoms with Gasteiger partial charge in [0.15, 0.2) is 0 Å². The first-order valence-corrected chi connectivity index (χ1v) is 10.0. The van der Waals surface area contributed by atoms with Crippen molar-refractivity contribution in [3.63, 3.8) is 0 Å². The maximum atomic E-state index is 5.75. The topological polar surface area (TPSA) is 49.0 Å². The fourth-order valence-corrected chi connectivity index (χ4v) is 2.76. The number of hydrogen-bond acceptors (Lipinski definition) is 6. The van der Waals surface area contributed by atoms with Crippen molar-refractivity contribution in [2.45, 2.75) is 27.7 Å². The van der Waals surface area contributed by atoms with Gasteiger partial charge in [0.1, 0.15) is 0 Å². The van der Waals surface area contributed by atoms with Gasteiger partial charge in [-0.25, -0.2) is 0 Å². The van der Waals surface area contributed by atoms with E-state index >= 15 is 0 Å². The van der Waals surface area contributed by atoms with Gasteiger partial charge in [0.25, 0.3) is 0 Å². The predicted octanol–water partition coefficient (Wildman–Crippen LogP) is 0.882. The van der Waals surface area contributed by atoms with Crippen molar-refractivity contribution in [2.24, 2.45) is 5.41 Å². The Labute approximate surface area is 155 Å². The van der Waals surface area contributed by atoms with Crippen LogP contribution in [-0.2, 0) is 9.47 Å². The zero-order valence-electron chi connectivity index (χ0n) is 17.1. The first-order valence-electron chi connectivity index (χ1n) is 10.0. The van der Waals surface area contributed by atoms with E-state index in [0.717, 1.165) is 91.9 Å². The molecule has 0 saturated carbocycles. The molecule has 1 aliphatic rings. The van der Waals surface area contributed by atoms with Crippen LogP contribution in [-0.4, -0.2) is 102 Å². The van der Waals surface area contributed by atoms with Crippen LogP contribution in [0.2, 0.25) is 0 Å². The summed E-state index contributed by atoms with van der Waals surface area (Å²) in [6.07, 6.45) is 0. The maximum Gasteiger partial charge on any atom is 0.0594 e. The molecule has 6 nitrogen and oxygen atoms in total. The monoisotopic (exact) mass is 358 g/mol. The second kappa shape index (κ2) is 13.9. The van der Waals surface area contributed by atoms with Crippen LogP contribution in [0.15, 0.2) is 0 Å². The van der Waals surface area contributed by atoms with E-state index in [4.69, 9.17) is 9.47 Å². The lowest BCUT2D eigenvalue weighted by atomic mass is 9.97. The molecular weight excluding hydrogens is 316 g/mol. The van der Waals surface area contributed by atoms with E-state index in [1.165, 1.54) is 0 Å². The summed E-state index contributed by atoms with van der Waals surface area (Å²) in [6, 6.07) is 0. The number of hydrogen-bond donors (Lipinski definition) is 2. The summed E-state index contributed by atoms with van der Waals surface area (Å²) >= 11 is 0. The van der Waals surface area contributed by atoms with Gasteiger partial charge in [-0.3, -0.25) is 9.80 Å². The summed E-state index contributed by atoms with van der Waals surface area (Å²) in [4.78, 5) is 5.01. The van der Waals surface area contributed by atoms with E-state index in [1.54, 1.807) is 0 Å². The van der Waals surface area contributed by atoms with Gasteiger partial charge < -0.3 is 20.1 Å². The normalized spacial score (nSPS) is 17.3. The number of ether oxygens (including phenoxy) is 2. The molecule has 0 atom stereocenters. The number of nitrogens with one attached hydrogen (secondary N) is 2. The first-order chi connectivity index (χ1) is 12.0. The Morgan fingerprint density at radius 1 is 0.760 bits per heavy atom. The molecule has 0 unspecified atom stereocenters. The molecule has 0 radical (unpaired) electrons. The number of likely N-dealkylation sites (N-methyl/N-ethyl adjacent to an activating group) is 1. The van der Waals surface area contributed by atoms with E-state index < -0.39 is 0 Å². The van der Waals surface area contributed by atoms with E-state index in [1.807, 2.05) is 0 Å². The van der Waals surface area contributed by atoms with E-state index in [-0.39, 0.29) is 0 Å². The lowest BCUT2D eigenvalue weighted by molar-refractivity contribution is 0.0577.